The van der Waals surface area contributed by atoms with E-state index >= 15 is 0 Å². The van der Waals surface area contributed by atoms with E-state index < -0.39 is 0 Å². The van der Waals surface area contributed by atoms with Crippen LogP contribution >= 0.6 is 0 Å². The van der Waals surface area contributed by atoms with Gasteiger partial charge in [0.25, 0.3) is 11.8 Å². The highest BCUT2D eigenvalue weighted by molar-refractivity contribution is 6.03. The molecule has 6 heteroatoms. The third kappa shape index (κ3) is 5.97. The second-order valence-corrected chi connectivity index (χ2v) is 6.33. The molecule has 0 unspecified atom stereocenters. The number of aryl methyl sites for hydroxylation is 1. The summed E-state index contributed by atoms with van der Waals surface area (Å²) in [4.78, 5) is 30.8. The van der Waals surface area contributed by atoms with Crippen LogP contribution in [0.25, 0.3) is 0 Å². The molecule has 2 rings (SSSR count). The van der Waals surface area contributed by atoms with Crippen LogP contribution in [-0.4, -0.2) is 48.9 Å². The van der Waals surface area contributed by atoms with Crippen LogP contribution in [0.2, 0.25) is 0 Å². The smallest absolute Gasteiger partial charge is 0.274 e. The van der Waals surface area contributed by atoms with Gasteiger partial charge in [0.05, 0.1) is 0 Å². The first-order valence-electron chi connectivity index (χ1n) is 8.80. The highest BCUT2D eigenvalue weighted by Crippen LogP contribution is 2.11. The van der Waals surface area contributed by atoms with Crippen LogP contribution in [0.3, 0.4) is 0 Å². The summed E-state index contributed by atoms with van der Waals surface area (Å²) in [7, 11) is 3.97. The maximum absolute atomic E-state index is 12.4. The molecule has 1 aromatic heterocycles. The number of nitrogens with zero attached hydrogens (tertiary/aromatic N) is 2. The molecule has 0 aliphatic heterocycles. The number of anilines is 1. The van der Waals surface area contributed by atoms with Crippen LogP contribution in [0.15, 0.2) is 42.5 Å². The van der Waals surface area contributed by atoms with Crippen molar-refractivity contribution in [1.29, 1.82) is 0 Å². The van der Waals surface area contributed by atoms with Crippen molar-refractivity contribution in [3.8, 4) is 0 Å². The van der Waals surface area contributed by atoms with Crippen molar-refractivity contribution in [3.63, 3.8) is 0 Å². The Hall–Kier alpha value is -2.73. The van der Waals surface area contributed by atoms with E-state index in [2.05, 4.69) is 27.4 Å². The lowest BCUT2D eigenvalue weighted by Crippen LogP contribution is -2.28. The molecule has 0 saturated heterocycles. The minimum absolute atomic E-state index is 0.213. The molecule has 0 fully saturated rings. The molecule has 2 aromatic rings. The molecule has 0 saturated carbocycles. The summed E-state index contributed by atoms with van der Waals surface area (Å²) in [5.74, 6) is -0.609. The topological polar surface area (TPSA) is 74.3 Å². The van der Waals surface area contributed by atoms with Gasteiger partial charge in [0.1, 0.15) is 11.4 Å². The molecule has 0 atom stereocenters. The van der Waals surface area contributed by atoms with E-state index in [4.69, 9.17) is 0 Å². The van der Waals surface area contributed by atoms with Gasteiger partial charge in [0, 0.05) is 12.2 Å². The Morgan fingerprint density at radius 1 is 1.00 bits per heavy atom. The average molecular weight is 354 g/mol. The normalized spacial score (nSPS) is 10.6. The van der Waals surface area contributed by atoms with Gasteiger partial charge in [-0.2, -0.15) is 0 Å². The largest absolute Gasteiger partial charge is 0.351 e. The molecule has 26 heavy (non-hydrogen) atoms. The van der Waals surface area contributed by atoms with Crippen molar-refractivity contribution in [1.82, 2.24) is 15.2 Å². The summed E-state index contributed by atoms with van der Waals surface area (Å²) in [5, 5.41) is 5.62. The molecule has 0 aliphatic carbocycles. The van der Waals surface area contributed by atoms with Gasteiger partial charge in [-0.1, -0.05) is 25.1 Å². The maximum Gasteiger partial charge on any atom is 0.274 e. The van der Waals surface area contributed by atoms with Crippen LogP contribution in [0.4, 0.5) is 5.69 Å². The number of hydrogen-bond acceptors (Lipinski definition) is 4. The molecular formula is C20H26N4O2. The van der Waals surface area contributed by atoms with Crippen molar-refractivity contribution in [2.45, 2.75) is 19.8 Å². The molecule has 1 heterocycles. The van der Waals surface area contributed by atoms with Crippen LogP contribution in [0.5, 0.6) is 0 Å². The second kappa shape index (κ2) is 9.68. The molecule has 2 amide bonds. The Morgan fingerprint density at radius 2 is 1.65 bits per heavy atom. The standard InChI is InChI=1S/C20H26N4O2/c1-4-15-9-11-16(12-10-15)22-20(26)18-8-5-7-17(23-18)19(25)21-13-6-14-24(2)3/h5,7-12H,4,6,13-14H2,1-3H3,(H,21,25)(H,22,26). The molecule has 1 aromatic carbocycles. The molecule has 6 nitrogen and oxygen atoms in total. The van der Waals surface area contributed by atoms with Crippen LogP contribution in [0.1, 0.15) is 39.9 Å². The maximum atomic E-state index is 12.4. The SMILES string of the molecule is CCc1ccc(NC(=O)c2cccc(C(=O)NCCCN(C)C)n2)cc1. The van der Waals surface area contributed by atoms with Gasteiger partial charge in [0.2, 0.25) is 0 Å². The Balaban J connectivity index is 1.96. The first-order valence-corrected chi connectivity index (χ1v) is 8.80. The fraction of sp³-hybridized carbons (Fsp3) is 0.350. The summed E-state index contributed by atoms with van der Waals surface area (Å²) in [5.41, 5.74) is 2.36. The number of benzene rings is 1. The van der Waals surface area contributed by atoms with Crippen molar-refractivity contribution >= 4 is 17.5 Å². The number of carbonyl (C=O) groups excluding carboxylic acids is 2. The Bertz CT molecular complexity index is 742. The minimum Gasteiger partial charge on any atom is -0.351 e. The highest BCUT2D eigenvalue weighted by Gasteiger charge is 2.12. The van der Waals surface area contributed by atoms with E-state index in [0.29, 0.717) is 12.2 Å². The Morgan fingerprint density at radius 3 is 2.27 bits per heavy atom. The van der Waals surface area contributed by atoms with E-state index in [1.54, 1.807) is 18.2 Å². The third-order valence-electron chi connectivity index (χ3n) is 3.90. The zero-order valence-corrected chi connectivity index (χ0v) is 15.6. The molecule has 138 valence electrons. The lowest BCUT2D eigenvalue weighted by molar-refractivity contribution is 0.0947. The summed E-state index contributed by atoms with van der Waals surface area (Å²) < 4.78 is 0. The molecule has 2 N–H and O–H groups in total. The van der Waals surface area contributed by atoms with Crippen LogP contribution in [-0.2, 0) is 6.42 Å². The van der Waals surface area contributed by atoms with Gasteiger partial charge in [-0.15, -0.1) is 0 Å². The number of carbonyl (C=O) groups is 2. The number of hydrogen-bond donors (Lipinski definition) is 2. The van der Waals surface area contributed by atoms with Gasteiger partial charge < -0.3 is 15.5 Å². The summed E-state index contributed by atoms with van der Waals surface area (Å²) in [6.07, 6.45) is 1.80. The molecule has 0 bridgehead atoms. The van der Waals surface area contributed by atoms with Gasteiger partial charge >= 0.3 is 0 Å². The molecular weight excluding hydrogens is 328 g/mol. The number of amides is 2. The van der Waals surface area contributed by atoms with Crippen molar-refractivity contribution < 1.29 is 9.59 Å². The van der Waals surface area contributed by atoms with E-state index in [0.717, 1.165) is 19.4 Å². The first kappa shape index (κ1) is 19.6. The van der Waals surface area contributed by atoms with Crippen molar-refractivity contribution in [3.05, 3.63) is 59.4 Å². The van der Waals surface area contributed by atoms with Crippen LogP contribution < -0.4 is 10.6 Å². The fourth-order valence-corrected chi connectivity index (χ4v) is 2.39. The minimum atomic E-state index is -0.337. The van der Waals surface area contributed by atoms with E-state index in [1.165, 1.54) is 5.56 Å². The quantitative estimate of drug-likeness (QED) is 0.715. The molecule has 0 radical (unpaired) electrons. The second-order valence-electron chi connectivity index (χ2n) is 6.33. The van der Waals surface area contributed by atoms with Gasteiger partial charge in [-0.05, 0) is 63.3 Å². The zero-order valence-electron chi connectivity index (χ0n) is 15.6. The summed E-state index contributed by atoms with van der Waals surface area (Å²) in [6.45, 7) is 3.54. The molecule has 0 aliphatic rings. The van der Waals surface area contributed by atoms with E-state index in [1.807, 2.05) is 38.4 Å². The third-order valence-corrected chi connectivity index (χ3v) is 3.90. The number of nitrogens with one attached hydrogen (secondary N) is 2. The number of rotatable bonds is 8. The predicted molar refractivity (Wildman–Crippen MR) is 104 cm³/mol. The van der Waals surface area contributed by atoms with Crippen molar-refractivity contribution in [2.24, 2.45) is 0 Å². The summed E-state index contributed by atoms with van der Waals surface area (Å²) >= 11 is 0. The van der Waals surface area contributed by atoms with Gasteiger partial charge in [0.15, 0.2) is 0 Å². The zero-order chi connectivity index (χ0) is 18.9. The van der Waals surface area contributed by atoms with E-state index in [9.17, 15) is 9.59 Å². The van der Waals surface area contributed by atoms with Crippen molar-refractivity contribution in [2.75, 3.05) is 32.5 Å². The number of pyridine rings is 1. The van der Waals surface area contributed by atoms with Crippen LogP contribution in [0, 0.1) is 0 Å². The summed E-state index contributed by atoms with van der Waals surface area (Å²) in [6, 6.07) is 12.5. The molecule has 0 spiro atoms. The lowest BCUT2D eigenvalue weighted by atomic mass is 10.1. The Kier molecular flexibility index (Phi) is 7.29. The van der Waals surface area contributed by atoms with E-state index in [-0.39, 0.29) is 23.2 Å². The fourth-order valence-electron chi connectivity index (χ4n) is 2.39. The monoisotopic (exact) mass is 354 g/mol. The average Bonchev–Trinajstić information content (AvgIpc) is 2.65. The van der Waals surface area contributed by atoms with Gasteiger partial charge in [-0.25, -0.2) is 4.98 Å². The predicted octanol–water partition coefficient (Wildman–Crippen LogP) is 2.58. The lowest BCUT2D eigenvalue weighted by Gasteiger charge is -2.10. The number of aromatic nitrogens is 1. The Labute approximate surface area is 154 Å². The first-order chi connectivity index (χ1) is 12.5. The van der Waals surface area contributed by atoms with Gasteiger partial charge in [-0.3, -0.25) is 9.59 Å². The highest BCUT2D eigenvalue weighted by atomic mass is 16.2.